The number of piperidine rings is 1. The number of fused-ring (bicyclic) bond motifs is 1. The Labute approximate surface area is 154 Å². The third-order valence-corrected chi connectivity index (χ3v) is 5.17. The highest BCUT2D eigenvalue weighted by molar-refractivity contribution is 6.31. The molecule has 0 bridgehead atoms. The van der Waals surface area contributed by atoms with E-state index in [9.17, 15) is 0 Å². The molecular formula is C20H23ClN4. The van der Waals surface area contributed by atoms with Crippen LogP contribution in [0.3, 0.4) is 0 Å². The lowest BCUT2D eigenvalue weighted by molar-refractivity contribution is 0.179. The van der Waals surface area contributed by atoms with Crippen molar-refractivity contribution < 1.29 is 0 Å². The van der Waals surface area contributed by atoms with Gasteiger partial charge < -0.3 is 4.90 Å². The largest absolute Gasteiger partial charge is 0.302 e. The van der Waals surface area contributed by atoms with E-state index < -0.39 is 0 Å². The minimum atomic E-state index is 0.725. The topological polar surface area (TPSA) is 31.7 Å². The Morgan fingerprint density at radius 2 is 1.88 bits per heavy atom. The second kappa shape index (κ2) is 7.54. The molecule has 130 valence electrons. The standard InChI is InChI=1S/C20H23ClN4/c21-18-8-4-6-16(14-18)20-19-17(7-5-9-22-19)15-25(23-20)13-12-24-10-2-1-3-11-24/h4-9,14H,1-3,10-13,15H2. The average Bonchev–Trinajstić information content (AvgIpc) is 2.66. The van der Waals surface area contributed by atoms with Crippen LogP contribution in [-0.2, 0) is 6.54 Å². The first-order valence-electron chi connectivity index (χ1n) is 9.06. The Bertz CT molecular complexity index is 768. The second-order valence-electron chi connectivity index (χ2n) is 6.76. The first-order valence-corrected chi connectivity index (χ1v) is 9.43. The van der Waals surface area contributed by atoms with Crippen LogP contribution in [-0.4, -0.2) is 46.8 Å². The zero-order chi connectivity index (χ0) is 17.1. The van der Waals surface area contributed by atoms with Crippen molar-refractivity contribution in [1.82, 2.24) is 14.9 Å². The van der Waals surface area contributed by atoms with Crippen molar-refractivity contribution in [2.75, 3.05) is 26.2 Å². The molecule has 0 saturated carbocycles. The van der Waals surface area contributed by atoms with Crippen molar-refractivity contribution in [3.8, 4) is 0 Å². The van der Waals surface area contributed by atoms with E-state index in [-0.39, 0.29) is 0 Å². The number of hydrogen-bond donors (Lipinski definition) is 0. The molecule has 2 aliphatic rings. The zero-order valence-corrected chi connectivity index (χ0v) is 15.1. The molecule has 2 aromatic rings. The SMILES string of the molecule is Clc1cccc(C2=NN(CCN3CCCCC3)Cc3cccnc32)c1. The lowest BCUT2D eigenvalue weighted by Gasteiger charge is -2.31. The van der Waals surface area contributed by atoms with Gasteiger partial charge in [-0.25, -0.2) is 0 Å². The molecule has 4 rings (SSSR count). The van der Waals surface area contributed by atoms with Gasteiger partial charge in [-0.2, -0.15) is 5.10 Å². The number of halogens is 1. The number of rotatable bonds is 4. The molecule has 3 heterocycles. The maximum Gasteiger partial charge on any atom is 0.116 e. The Hall–Kier alpha value is -1.91. The predicted octanol–water partition coefficient (Wildman–Crippen LogP) is 3.79. The first kappa shape index (κ1) is 16.6. The molecule has 1 fully saturated rings. The van der Waals surface area contributed by atoms with Gasteiger partial charge in [0, 0.05) is 35.4 Å². The summed E-state index contributed by atoms with van der Waals surface area (Å²) in [5, 5.41) is 7.82. The summed E-state index contributed by atoms with van der Waals surface area (Å²) in [6, 6.07) is 12.0. The molecule has 1 saturated heterocycles. The van der Waals surface area contributed by atoms with Crippen LogP contribution in [0.2, 0.25) is 5.02 Å². The molecule has 0 radical (unpaired) electrons. The number of benzene rings is 1. The monoisotopic (exact) mass is 354 g/mol. The predicted molar refractivity (Wildman–Crippen MR) is 102 cm³/mol. The highest BCUT2D eigenvalue weighted by Crippen LogP contribution is 2.23. The van der Waals surface area contributed by atoms with E-state index in [2.05, 4.69) is 27.0 Å². The fraction of sp³-hybridized carbons (Fsp3) is 0.400. The van der Waals surface area contributed by atoms with Gasteiger partial charge in [-0.3, -0.25) is 9.99 Å². The minimum Gasteiger partial charge on any atom is -0.302 e. The van der Waals surface area contributed by atoms with E-state index >= 15 is 0 Å². The van der Waals surface area contributed by atoms with E-state index in [1.165, 1.54) is 37.9 Å². The number of hydrazone groups is 1. The van der Waals surface area contributed by atoms with Crippen molar-refractivity contribution in [3.05, 3.63) is 64.4 Å². The van der Waals surface area contributed by atoms with E-state index in [1.807, 2.05) is 30.5 Å². The van der Waals surface area contributed by atoms with E-state index in [1.54, 1.807) is 0 Å². The number of nitrogens with zero attached hydrogens (tertiary/aromatic N) is 4. The summed E-state index contributed by atoms with van der Waals surface area (Å²) in [4.78, 5) is 7.13. The molecule has 1 aromatic heterocycles. The maximum atomic E-state index is 6.19. The summed E-state index contributed by atoms with van der Waals surface area (Å²) < 4.78 is 0. The van der Waals surface area contributed by atoms with Crippen LogP contribution in [0.15, 0.2) is 47.7 Å². The molecule has 0 N–H and O–H groups in total. The van der Waals surface area contributed by atoms with Crippen LogP contribution < -0.4 is 0 Å². The lowest BCUT2D eigenvalue weighted by atomic mass is 10.0. The molecule has 0 aliphatic carbocycles. The Balaban J connectivity index is 1.58. The van der Waals surface area contributed by atoms with Crippen LogP contribution in [0.5, 0.6) is 0 Å². The van der Waals surface area contributed by atoms with Crippen LogP contribution in [0, 0.1) is 0 Å². The van der Waals surface area contributed by atoms with Gasteiger partial charge in [0.25, 0.3) is 0 Å². The molecule has 1 aromatic carbocycles. The molecule has 0 amide bonds. The summed E-state index contributed by atoms with van der Waals surface area (Å²) >= 11 is 6.19. The van der Waals surface area contributed by atoms with Crippen LogP contribution in [0.1, 0.15) is 36.1 Å². The van der Waals surface area contributed by atoms with Crippen molar-refractivity contribution in [2.45, 2.75) is 25.8 Å². The van der Waals surface area contributed by atoms with E-state index in [0.717, 1.165) is 41.6 Å². The Morgan fingerprint density at radius 1 is 1.00 bits per heavy atom. The quantitative estimate of drug-likeness (QED) is 0.837. The molecule has 5 heteroatoms. The molecule has 0 spiro atoms. The van der Waals surface area contributed by atoms with E-state index in [4.69, 9.17) is 16.7 Å². The summed E-state index contributed by atoms with van der Waals surface area (Å²) in [5.41, 5.74) is 4.14. The van der Waals surface area contributed by atoms with Crippen LogP contribution >= 0.6 is 11.6 Å². The van der Waals surface area contributed by atoms with Gasteiger partial charge in [-0.1, -0.05) is 36.2 Å². The number of pyridine rings is 1. The molecule has 4 nitrogen and oxygen atoms in total. The van der Waals surface area contributed by atoms with Crippen molar-refractivity contribution in [3.63, 3.8) is 0 Å². The van der Waals surface area contributed by atoms with Gasteiger partial charge in [0.15, 0.2) is 0 Å². The number of likely N-dealkylation sites (tertiary alicyclic amines) is 1. The van der Waals surface area contributed by atoms with Gasteiger partial charge in [0.05, 0.1) is 12.2 Å². The number of hydrogen-bond acceptors (Lipinski definition) is 4. The normalized spacial score (nSPS) is 18.0. The summed E-state index contributed by atoms with van der Waals surface area (Å²) in [6.45, 7) is 5.27. The fourth-order valence-electron chi connectivity index (χ4n) is 3.60. The molecule has 2 aliphatic heterocycles. The maximum absolute atomic E-state index is 6.19. The van der Waals surface area contributed by atoms with Gasteiger partial charge >= 0.3 is 0 Å². The molecule has 0 unspecified atom stereocenters. The Kier molecular flexibility index (Phi) is 4.99. The summed E-state index contributed by atoms with van der Waals surface area (Å²) in [7, 11) is 0. The van der Waals surface area contributed by atoms with Crippen molar-refractivity contribution >= 4 is 17.3 Å². The summed E-state index contributed by atoms with van der Waals surface area (Å²) in [6.07, 6.45) is 5.85. The minimum absolute atomic E-state index is 0.725. The summed E-state index contributed by atoms with van der Waals surface area (Å²) in [5.74, 6) is 0. The molecule has 0 atom stereocenters. The first-order chi connectivity index (χ1) is 12.3. The van der Waals surface area contributed by atoms with Crippen molar-refractivity contribution in [2.24, 2.45) is 5.10 Å². The zero-order valence-electron chi connectivity index (χ0n) is 14.4. The van der Waals surface area contributed by atoms with E-state index in [0.29, 0.717) is 0 Å². The fourth-order valence-corrected chi connectivity index (χ4v) is 3.79. The second-order valence-corrected chi connectivity index (χ2v) is 7.20. The lowest BCUT2D eigenvalue weighted by Crippen LogP contribution is -2.37. The molecular weight excluding hydrogens is 332 g/mol. The average molecular weight is 355 g/mol. The van der Waals surface area contributed by atoms with Gasteiger partial charge in [-0.05, 0) is 44.1 Å². The van der Waals surface area contributed by atoms with Crippen LogP contribution in [0.25, 0.3) is 0 Å². The Morgan fingerprint density at radius 3 is 2.72 bits per heavy atom. The van der Waals surface area contributed by atoms with Crippen molar-refractivity contribution in [1.29, 1.82) is 0 Å². The third-order valence-electron chi connectivity index (χ3n) is 4.93. The highest BCUT2D eigenvalue weighted by Gasteiger charge is 2.22. The van der Waals surface area contributed by atoms with Gasteiger partial charge in [-0.15, -0.1) is 0 Å². The highest BCUT2D eigenvalue weighted by atomic mass is 35.5. The smallest absolute Gasteiger partial charge is 0.116 e. The van der Waals surface area contributed by atoms with Crippen LogP contribution in [0.4, 0.5) is 0 Å². The van der Waals surface area contributed by atoms with Gasteiger partial charge in [0.1, 0.15) is 5.71 Å². The van der Waals surface area contributed by atoms with Gasteiger partial charge in [0.2, 0.25) is 0 Å². The third kappa shape index (κ3) is 3.86. The molecule has 25 heavy (non-hydrogen) atoms. The number of aromatic nitrogens is 1.